The van der Waals surface area contributed by atoms with E-state index in [0.717, 1.165) is 13.2 Å². The van der Waals surface area contributed by atoms with E-state index in [1.807, 2.05) is 13.8 Å². The van der Waals surface area contributed by atoms with Crippen LogP contribution in [0.2, 0.25) is 0 Å². The minimum absolute atomic E-state index is 0. The van der Waals surface area contributed by atoms with Gasteiger partial charge in [-0.1, -0.05) is 27.7 Å². The first-order valence-electron chi connectivity index (χ1n) is 3.85. The van der Waals surface area contributed by atoms with Crippen molar-refractivity contribution in [3.05, 3.63) is 0 Å². The van der Waals surface area contributed by atoms with E-state index in [1.54, 1.807) is 0 Å². The van der Waals surface area contributed by atoms with Crippen LogP contribution in [0.5, 0.6) is 0 Å². The van der Waals surface area contributed by atoms with Gasteiger partial charge in [-0.3, -0.25) is 4.70 Å². The Bertz CT molecular complexity index is 64.1. The molecule has 0 spiro atoms. The summed E-state index contributed by atoms with van der Waals surface area (Å²) < 4.78 is 5.03. The van der Waals surface area contributed by atoms with Crippen LogP contribution in [-0.2, 0) is 4.74 Å². The Kier molecular flexibility index (Phi) is 7.10. The maximum absolute atomic E-state index is 5.03. The number of hydrogen-bond donors (Lipinski definition) is 0. The molecule has 0 saturated carbocycles. The highest BCUT2D eigenvalue weighted by Gasteiger charge is 2.30. The molecular weight excluding hydrogens is 131 g/mol. The van der Waals surface area contributed by atoms with Crippen molar-refractivity contribution in [3.8, 4) is 0 Å². The topological polar surface area (TPSA) is 9.23 Å². The zero-order chi connectivity index (χ0) is 7.33. The van der Waals surface area contributed by atoms with Crippen LogP contribution < -0.4 is 0 Å². The van der Waals surface area contributed by atoms with Crippen LogP contribution in [0, 0.1) is 5.41 Å². The van der Waals surface area contributed by atoms with Gasteiger partial charge in [0, 0.05) is 5.41 Å². The van der Waals surface area contributed by atoms with Crippen molar-refractivity contribution >= 4 is 0 Å². The van der Waals surface area contributed by atoms with Crippen molar-refractivity contribution in [1.82, 2.24) is 0 Å². The van der Waals surface area contributed by atoms with E-state index in [9.17, 15) is 0 Å². The Labute approximate surface area is 63.1 Å². The Balaban J connectivity index is 0. The third kappa shape index (κ3) is 3.16. The lowest BCUT2D eigenvalue weighted by atomic mass is 9.86. The quantitative estimate of drug-likeness (QED) is 0.558. The van der Waals surface area contributed by atoms with E-state index in [1.165, 1.54) is 6.42 Å². The van der Waals surface area contributed by atoms with Gasteiger partial charge < -0.3 is 4.74 Å². The Morgan fingerprint density at radius 2 is 1.70 bits per heavy atom. The van der Waals surface area contributed by atoms with Crippen LogP contribution in [0.25, 0.3) is 0 Å². The molecule has 1 rings (SSSR count). The molecule has 0 aliphatic carbocycles. The van der Waals surface area contributed by atoms with Crippen LogP contribution in [0.4, 0.5) is 4.70 Å². The monoisotopic (exact) mass is 150 g/mol. The van der Waals surface area contributed by atoms with Crippen LogP contribution in [0.3, 0.4) is 0 Å². The summed E-state index contributed by atoms with van der Waals surface area (Å²) in [5, 5.41) is 0. The predicted octanol–water partition coefficient (Wildman–Crippen LogP) is 2.61. The molecule has 0 aromatic carbocycles. The summed E-state index contributed by atoms with van der Waals surface area (Å²) in [6.07, 6.45) is 1.26. The van der Waals surface area contributed by atoms with Gasteiger partial charge in [-0.05, 0) is 6.42 Å². The second kappa shape index (κ2) is 5.66. The number of hydrogen-bond acceptors (Lipinski definition) is 1. The second-order valence-corrected chi connectivity index (χ2v) is 2.66. The van der Waals surface area contributed by atoms with Crippen LogP contribution >= 0.6 is 0 Å². The largest absolute Gasteiger partial charge is 0.380 e. The van der Waals surface area contributed by atoms with Gasteiger partial charge in [-0.15, -0.1) is 0 Å². The van der Waals surface area contributed by atoms with E-state index in [0.29, 0.717) is 5.41 Å². The van der Waals surface area contributed by atoms with E-state index in [4.69, 9.17) is 4.74 Å². The molecule has 2 heteroatoms. The fourth-order valence-corrected chi connectivity index (χ4v) is 0.655. The lowest BCUT2D eigenvalue weighted by molar-refractivity contribution is -0.103. The summed E-state index contributed by atoms with van der Waals surface area (Å²) in [4.78, 5) is 0. The summed E-state index contributed by atoms with van der Waals surface area (Å²) >= 11 is 0. The Morgan fingerprint density at radius 3 is 1.70 bits per heavy atom. The summed E-state index contributed by atoms with van der Waals surface area (Å²) in [6.45, 7) is 10.4. The Hall–Kier alpha value is -0.110. The van der Waals surface area contributed by atoms with Gasteiger partial charge in [-0.2, -0.15) is 0 Å². The highest BCUT2D eigenvalue weighted by molar-refractivity contribution is 4.78. The van der Waals surface area contributed by atoms with Gasteiger partial charge in [0.05, 0.1) is 13.2 Å². The van der Waals surface area contributed by atoms with Crippen LogP contribution in [0.1, 0.15) is 34.1 Å². The fourth-order valence-electron chi connectivity index (χ4n) is 0.655. The van der Waals surface area contributed by atoms with Gasteiger partial charge in [0.15, 0.2) is 0 Å². The van der Waals surface area contributed by atoms with Gasteiger partial charge in [-0.25, -0.2) is 0 Å². The molecular formula is C8H19FO. The maximum atomic E-state index is 5.03. The van der Waals surface area contributed by atoms with Crippen molar-refractivity contribution in [2.45, 2.75) is 34.1 Å². The molecule has 0 aromatic rings. The van der Waals surface area contributed by atoms with E-state index in [-0.39, 0.29) is 4.70 Å². The molecule has 10 heavy (non-hydrogen) atoms. The van der Waals surface area contributed by atoms with Crippen molar-refractivity contribution < 1.29 is 9.44 Å². The van der Waals surface area contributed by atoms with Gasteiger partial charge >= 0.3 is 0 Å². The zero-order valence-corrected chi connectivity index (χ0v) is 7.44. The lowest BCUT2D eigenvalue weighted by Crippen LogP contribution is -2.38. The number of rotatable bonds is 1. The third-order valence-corrected chi connectivity index (χ3v) is 1.75. The summed E-state index contributed by atoms with van der Waals surface area (Å²) in [5.74, 6) is 0. The number of ether oxygens (including phenoxy) is 1. The highest BCUT2D eigenvalue weighted by atomic mass is 19.0. The minimum Gasteiger partial charge on any atom is -0.380 e. The van der Waals surface area contributed by atoms with Crippen LogP contribution in [-0.4, -0.2) is 13.2 Å². The molecule has 0 atom stereocenters. The van der Waals surface area contributed by atoms with Crippen molar-refractivity contribution in [3.63, 3.8) is 0 Å². The lowest BCUT2D eigenvalue weighted by Gasteiger charge is -2.36. The molecule has 64 valence electrons. The summed E-state index contributed by atoms with van der Waals surface area (Å²) in [7, 11) is 0. The van der Waals surface area contributed by atoms with Crippen molar-refractivity contribution in [2.24, 2.45) is 5.41 Å². The minimum atomic E-state index is 0. The summed E-state index contributed by atoms with van der Waals surface area (Å²) in [5.41, 5.74) is 0.542. The molecule has 1 aliphatic rings. The molecule has 1 saturated heterocycles. The Morgan fingerprint density at radius 1 is 1.30 bits per heavy atom. The molecule has 1 nitrogen and oxygen atoms in total. The molecule has 1 heterocycles. The van der Waals surface area contributed by atoms with Gasteiger partial charge in [0.1, 0.15) is 0 Å². The fraction of sp³-hybridized carbons (Fsp3) is 1.00. The molecule has 0 unspecified atom stereocenters. The molecule has 0 aromatic heterocycles. The second-order valence-electron chi connectivity index (χ2n) is 2.66. The smallest absolute Gasteiger partial charge is 0.0542 e. The summed E-state index contributed by atoms with van der Waals surface area (Å²) in [6, 6.07) is 0. The molecule has 1 fully saturated rings. The highest BCUT2D eigenvalue weighted by Crippen LogP contribution is 2.29. The molecule has 0 amide bonds. The van der Waals surface area contributed by atoms with Crippen LogP contribution in [0.15, 0.2) is 0 Å². The third-order valence-electron chi connectivity index (χ3n) is 1.75. The average molecular weight is 150 g/mol. The standard InChI is InChI=1S/C6H12O.C2H6.FH/c1-3-6(2)4-7-5-6;1-2;/h3-5H2,1-2H3;1-2H3;1H. The SMILES string of the molecule is CC.CCC1(C)COC1.F. The molecule has 0 N–H and O–H groups in total. The van der Waals surface area contributed by atoms with Crippen molar-refractivity contribution in [1.29, 1.82) is 0 Å². The first-order chi connectivity index (χ1) is 4.27. The molecule has 1 aliphatic heterocycles. The molecule has 0 radical (unpaired) electrons. The van der Waals surface area contributed by atoms with E-state index >= 15 is 0 Å². The van der Waals surface area contributed by atoms with Gasteiger partial charge in [0.25, 0.3) is 0 Å². The number of halogens is 1. The average Bonchev–Trinajstić information content (AvgIpc) is 1.88. The molecule has 0 bridgehead atoms. The van der Waals surface area contributed by atoms with E-state index in [2.05, 4.69) is 13.8 Å². The van der Waals surface area contributed by atoms with E-state index < -0.39 is 0 Å². The first-order valence-corrected chi connectivity index (χ1v) is 3.85. The normalized spacial score (nSPS) is 19.2. The first kappa shape index (κ1) is 12.6. The zero-order valence-electron chi connectivity index (χ0n) is 7.44. The van der Waals surface area contributed by atoms with Crippen molar-refractivity contribution in [2.75, 3.05) is 13.2 Å². The maximum Gasteiger partial charge on any atom is 0.0542 e. The predicted molar refractivity (Wildman–Crippen MR) is 43.1 cm³/mol. The van der Waals surface area contributed by atoms with Gasteiger partial charge in [0.2, 0.25) is 0 Å².